The molecule has 3 aromatic carbocycles. The lowest BCUT2D eigenvalue weighted by atomic mass is 9.96. The molecule has 0 amide bonds. The topological polar surface area (TPSA) is 83.6 Å². The van der Waals surface area contributed by atoms with E-state index >= 15 is 0 Å². The van der Waals surface area contributed by atoms with Gasteiger partial charge in [0.05, 0.1) is 0 Å². The van der Waals surface area contributed by atoms with Gasteiger partial charge in [0.1, 0.15) is 11.3 Å². The third-order valence-electron chi connectivity index (χ3n) is 4.31. The van der Waals surface area contributed by atoms with Gasteiger partial charge in [-0.25, -0.2) is 4.79 Å². The second kappa shape index (κ2) is 8.72. The van der Waals surface area contributed by atoms with E-state index in [0.29, 0.717) is 0 Å². The van der Waals surface area contributed by atoms with Crippen LogP contribution in [-0.4, -0.2) is 16.2 Å². The molecular weight excluding hydrogens is 326 g/mol. The number of carbonyl (C=O) groups is 1. The van der Waals surface area contributed by atoms with Gasteiger partial charge in [-0.1, -0.05) is 48.5 Å². The predicted octanol–water partition coefficient (Wildman–Crippen LogP) is 4.57. The molecule has 0 aliphatic rings. The van der Waals surface area contributed by atoms with Crippen molar-refractivity contribution in [2.24, 2.45) is 0 Å². The van der Waals surface area contributed by atoms with Crippen LogP contribution in [0.3, 0.4) is 0 Å². The number of para-hydroxylation sites is 1. The monoisotopic (exact) mass is 349 g/mol. The van der Waals surface area contributed by atoms with Crippen LogP contribution in [0.4, 0.5) is 5.69 Å². The second-order valence-corrected chi connectivity index (χ2v) is 6.05. The Bertz CT molecular complexity index is 889. The fraction of sp³-hybridized carbons (Fsp3) is 0.136. The average Bonchev–Trinajstić information content (AvgIpc) is 2.64. The van der Waals surface area contributed by atoms with Crippen molar-refractivity contribution in [1.29, 1.82) is 0 Å². The van der Waals surface area contributed by atoms with Gasteiger partial charge in [-0.05, 0) is 60.7 Å². The van der Waals surface area contributed by atoms with E-state index in [1.165, 1.54) is 34.4 Å². The first-order valence-corrected chi connectivity index (χ1v) is 8.30. The van der Waals surface area contributed by atoms with Crippen LogP contribution in [0.25, 0.3) is 0 Å². The van der Waals surface area contributed by atoms with Crippen LogP contribution >= 0.6 is 0 Å². The first-order valence-electron chi connectivity index (χ1n) is 8.30. The number of aromatic carboxylic acids is 1. The summed E-state index contributed by atoms with van der Waals surface area (Å²) in [7, 11) is 0. The van der Waals surface area contributed by atoms with Gasteiger partial charge in [0.2, 0.25) is 0 Å². The molecule has 134 valence electrons. The lowest BCUT2D eigenvalue weighted by Crippen LogP contribution is -1.98. The van der Waals surface area contributed by atoms with Crippen LogP contribution in [0, 0.1) is 13.8 Å². The smallest absolute Gasteiger partial charge is 0.339 e. The molecule has 0 aliphatic heterocycles. The number of phenols is 1. The van der Waals surface area contributed by atoms with Gasteiger partial charge in [-0.3, -0.25) is 0 Å². The van der Waals surface area contributed by atoms with Crippen LogP contribution in [0.15, 0.2) is 66.7 Å². The van der Waals surface area contributed by atoms with E-state index in [1.54, 1.807) is 12.1 Å². The third-order valence-corrected chi connectivity index (χ3v) is 4.31. The molecule has 0 saturated carbocycles. The van der Waals surface area contributed by atoms with Crippen molar-refractivity contribution in [3.8, 4) is 5.75 Å². The lowest BCUT2D eigenvalue weighted by Gasteiger charge is -2.11. The zero-order valence-electron chi connectivity index (χ0n) is 14.9. The first kappa shape index (κ1) is 19.1. The van der Waals surface area contributed by atoms with Crippen molar-refractivity contribution >= 4 is 11.7 Å². The average molecular weight is 349 g/mol. The van der Waals surface area contributed by atoms with Crippen molar-refractivity contribution in [3.63, 3.8) is 0 Å². The van der Waals surface area contributed by atoms with Crippen molar-refractivity contribution in [1.82, 2.24) is 0 Å². The number of nitrogen functional groups attached to an aromatic ring is 1. The molecule has 0 fully saturated rings. The fourth-order valence-electron chi connectivity index (χ4n) is 2.56. The Balaban J connectivity index is 0.000000209. The first-order chi connectivity index (χ1) is 12.4. The zero-order valence-corrected chi connectivity index (χ0v) is 14.9. The summed E-state index contributed by atoms with van der Waals surface area (Å²) >= 11 is 0. The van der Waals surface area contributed by atoms with Crippen molar-refractivity contribution in [2.75, 3.05) is 5.73 Å². The molecule has 0 unspecified atom stereocenters. The highest BCUT2D eigenvalue weighted by molar-refractivity contribution is 5.90. The Morgan fingerprint density at radius 3 is 2.08 bits per heavy atom. The van der Waals surface area contributed by atoms with Crippen LogP contribution in [0.1, 0.15) is 32.6 Å². The van der Waals surface area contributed by atoms with E-state index < -0.39 is 5.97 Å². The van der Waals surface area contributed by atoms with E-state index in [2.05, 4.69) is 44.2 Å². The standard InChI is InChI=1S/C15H17N.C7H6O3/c1-11-12(2)15(16)9-8-14(11)10-13-6-4-3-5-7-13;8-6-4-2-1-3-5(6)7(9)10/h3-9H,10,16H2,1-2H3;1-4,8H,(H,9,10). The molecule has 4 nitrogen and oxygen atoms in total. The SMILES string of the molecule is Cc1c(N)ccc(Cc2ccccc2)c1C.O=C(O)c1ccccc1O. The summed E-state index contributed by atoms with van der Waals surface area (Å²) in [5.41, 5.74) is 11.9. The number of carboxylic acids is 1. The highest BCUT2D eigenvalue weighted by atomic mass is 16.4. The molecule has 0 heterocycles. The van der Waals surface area contributed by atoms with Crippen molar-refractivity contribution in [3.05, 3.63) is 94.5 Å². The number of nitrogens with two attached hydrogens (primary N) is 1. The summed E-state index contributed by atoms with van der Waals surface area (Å²) in [6.45, 7) is 4.23. The van der Waals surface area contributed by atoms with E-state index in [-0.39, 0.29) is 11.3 Å². The number of hydrogen-bond acceptors (Lipinski definition) is 3. The minimum Gasteiger partial charge on any atom is -0.507 e. The molecule has 0 radical (unpaired) electrons. The number of rotatable bonds is 3. The molecule has 0 aliphatic carbocycles. The van der Waals surface area contributed by atoms with Gasteiger partial charge < -0.3 is 15.9 Å². The third kappa shape index (κ3) is 4.86. The van der Waals surface area contributed by atoms with Crippen molar-refractivity contribution in [2.45, 2.75) is 20.3 Å². The molecule has 4 heteroatoms. The molecule has 26 heavy (non-hydrogen) atoms. The minimum absolute atomic E-state index is 0.0671. The number of hydrogen-bond donors (Lipinski definition) is 3. The molecule has 3 rings (SSSR count). The largest absolute Gasteiger partial charge is 0.507 e. The van der Waals surface area contributed by atoms with Crippen LogP contribution in [0.5, 0.6) is 5.75 Å². The molecule has 0 saturated heterocycles. The highest BCUT2D eigenvalue weighted by Gasteiger charge is 2.06. The number of carboxylic acid groups (broad SMARTS) is 1. The van der Waals surface area contributed by atoms with Crippen LogP contribution in [-0.2, 0) is 6.42 Å². The van der Waals surface area contributed by atoms with Gasteiger partial charge in [-0.2, -0.15) is 0 Å². The van der Waals surface area contributed by atoms with Gasteiger partial charge >= 0.3 is 5.97 Å². The van der Waals surface area contributed by atoms with E-state index in [0.717, 1.165) is 12.1 Å². The molecule has 3 aromatic rings. The normalized spacial score (nSPS) is 9.92. The Morgan fingerprint density at radius 1 is 0.885 bits per heavy atom. The maximum atomic E-state index is 10.3. The molecule has 0 spiro atoms. The summed E-state index contributed by atoms with van der Waals surface area (Å²) in [5, 5.41) is 17.3. The highest BCUT2D eigenvalue weighted by Crippen LogP contribution is 2.21. The molecule has 0 aromatic heterocycles. The fourth-order valence-corrected chi connectivity index (χ4v) is 2.56. The zero-order chi connectivity index (χ0) is 19.1. The number of benzene rings is 3. The summed E-state index contributed by atoms with van der Waals surface area (Å²) in [6.07, 6.45) is 0.980. The Hall–Kier alpha value is -3.27. The molecular formula is C22H23NO3. The summed E-state index contributed by atoms with van der Waals surface area (Å²) in [5.74, 6) is -1.31. The van der Waals surface area contributed by atoms with E-state index in [9.17, 15) is 4.79 Å². The van der Waals surface area contributed by atoms with Gasteiger partial charge in [-0.15, -0.1) is 0 Å². The maximum absolute atomic E-state index is 10.3. The summed E-state index contributed by atoms with van der Waals surface area (Å²) < 4.78 is 0. The van der Waals surface area contributed by atoms with Crippen molar-refractivity contribution < 1.29 is 15.0 Å². The molecule has 0 bridgehead atoms. The Kier molecular flexibility index (Phi) is 6.39. The quantitative estimate of drug-likeness (QED) is 0.605. The summed E-state index contributed by atoms with van der Waals surface area (Å²) in [4.78, 5) is 10.3. The summed E-state index contributed by atoms with van der Waals surface area (Å²) in [6, 6.07) is 20.5. The van der Waals surface area contributed by atoms with Crippen LogP contribution < -0.4 is 5.73 Å². The van der Waals surface area contributed by atoms with E-state index in [4.69, 9.17) is 15.9 Å². The Morgan fingerprint density at radius 2 is 1.50 bits per heavy atom. The Labute approximate surface area is 153 Å². The van der Waals surface area contributed by atoms with E-state index in [1.807, 2.05) is 12.1 Å². The van der Waals surface area contributed by atoms with Gasteiger partial charge in [0.25, 0.3) is 0 Å². The molecule has 0 atom stereocenters. The minimum atomic E-state index is -1.11. The number of anilines is 1. The second-order valence-electron chi connectivity index (χ2n) is 6.05. The van der Waals surface area contributed by atoms with Gasteiger partial charge in [0, 0.05) is 5.69 Å². The van der Waals surface area contributed by atoms with Gasteiger partial charge in [0.15, 0.2) is 0 Å². The maximum Gasteiger partial charge on any atom is 0.339 e. The van der Waals surface area contributed by atoms with Crippen LogP contribution in [0.2, 0.25) is 0 Å². The molecule has 4 N–H and O–H groups in total. The lowest BCUT2D eigenvalue weighted by molar-refractivity contribution is 0.0693. The number of aromatic hydroxyl groups is 1. The predicted molar refractivity (Wildman–Crippen MR) is 105 cm³/mol.